The number of likely N-dealkylation sites (N-methyl/N-ethyl adjacent to an activating group) is 1. The van der Waals surface area contributed by atoms with Crippen LogP contribution >= 0.6 is 0 Å². The van der Waals surface area contributed by atoms with Crippen molar-refractivity contribution in [2.24, 2.45) is 5.73 Å². The van der Waals surface area contributed by atoms with Crippen LogP contribution in [-0.4, -0.2) is 43.3 Å². The van der Waals surface area contributed by atoms with E-state index in [2.05, 4.69) is 17.9 Å². The molecule has 1 unspecified atom stereocenters. The van der Waals surface area contributed by atoms with Crippen molar-refractivity contribution in [1.82, 2.24) is 4.90 Å². The van der Waals surface area contributed by atoms with Crippen LogP contribution in [0.2, 0.25) is 0 Å². The predicted molar refractivity (Wildman–Crippen MR) is 70.7 cm³/mol. The summed E-state index contributed by atoms with van der Waals surface area (Å²) in [7, 11) is 0. The number of unbranched alkanes of at least 4 members (excludes halogenated alkanes) is 1. The van der Waals surface area contributed by atoms with E-state index in [4.69, 9.17) is 15.7 Å². The van der Waals surface area contributed by atoms with Gasteiger partial charge in [-0.15, -0.1) is 0 Å². The molecule has 0 fully saturated rings. The van der Waals surface area contributed by atoms with Crippen molar-refractivity contribution >= 4 is 0 Å². The van der Waals surface area contributed by atoms with Crippen LogP contribution in [0.4, 0.5) is 0 Å². The van der Waals surface area contributed by atoms with Gasteiger partial charge in [-0.1, -0.05) is 6.92 Å². The second-order valence-electron chi connectivity index (χ2n) is 4.62. The minimum absolute atomic E-state index is 0.664. The molecule has 0 spiro atoms. The molecule has 0 aromatic heterocycles. The average molecular weight is 241 g/mol. The first-order valence-corrected chi connectivity index (χ1v) is 6.56. The molecule has 0 bridgehead atoms. The van der Waals surface area contributed by atoms with E-state index in [-0.39, 0.29) is 0 Å². The lowest BCUT2D eigenvalue weighted by Crippen LogP contribution is -2.34. The van der Waals surface area contributed by atoms with E-state index in [0.29, 0.717) is 0 Å². The van der Waals surface area contributed by atoms with Crippen molar-refractivity contribution < 1.29 is 4.74 Å². The van der Waals surface area contributed by atoms with Crippen LogP contribution in [0.5, 0.6) is 0 Å². The quantitative estimate of drug-likeness (QED) is 0.592. The van der Waals surface area contributed by atoms with Gasteiger partial charge >= 0.3 is 0 Å². The Morgan fingerprint density at radius 1 is 1.29 bits per heavy atom. The molecular formula is C13H27N3O. The molecule has 1 atom stereocenters. The summed E-state index contributed by atoms with van der Waals surface area (Å²) in [5.74, 6) is 0. The molecule has 0 saturated heterocycles. The third kappa shape index (κ3) is 9.11. The fraction of sp³-hybridized carbons (Fsp3) is 0.923. The minimum Gasteiger partial charge on any atom is -0.380 e. The van der Waals surface area contributed by atoms with Crippen molar-refractivity contribution in [3.63, 3.8) is 0 Å². The van der Waals surface area contributed by atoms with Crippen molar-refractivity contribution in [2.45, 2.75) is 45.6 Å². The number of hydrogen-bond donors (Lipinski definition) is 1. The zero-order valence-electron chi connectivity index (χ0n) is 11.5. The first kappa shape index (κ1) is 16.4. The van der Waals surface area contributed by atoms with Gasteiger partial charge in [-0.25, -0.2) is 0 Å². The summed E-state index contributed by atoms with van der Waals surface area (Å²) in [5.41, 5.74) is 5.10. The van der Waals surface area contributed by atoms with Gasteiger partial charge in [0.2, 0.25) is 0 Å². The van der Waals surface area contributed by atoms with Crippen LogP contribution in [0.25, 0.3) is 0 Å². The van der Waals surface area contributed by atoms with Crippen LogP contribution in [0, 0.1) is 11.3 Å². The number of nitriles is 1. The van der Waals surface area contributed by atoms with Gasteiger partial charge in [-0.3, -0.25) is 0 Å². The first-order chi connectivity index (χ1) is 8.05. The van der Waals surface area contributed by atoms with Crippen LogP contribution in [0.1, 0.15) is 40.0 Å². The molecule has 0 aromatic carbocycles. The lowest BCUT2D eigenvalue weighted by molar-refractivity contribution is 0.114. The highest BCUT2D eigenvalue weighted by molar-refractivity contribution is 5.00. The Morgan fingerprint density at radius 3 is 2.53 bits per heavy atom. The molecule has 0 aliphatic rings. The fourth-order valence-corrected chi connectivity index (χ4v) is 1.65. The third-order valence-electron chi connectivity index (χ3n) is 2.88. The van der Waals surface area contributed by atoms with Crippen molar-refractivity contribution in [3.05, 3.63) is 0 Å². The van der Waals surface area contributed by atoms with E-state index in [0.717, 1.165) is 52.1 Å². The zero-order valence-corrected chi connectivity index (χ0v) is 11.5. The van der Waals surface area contributed by atoms with Gasteiger partial charge in [0, 0.05) is 13.2 Å². The normalized spacial score (nSPS) is 14.6. The Kier molecular flexibility index (Phi) is 9.06. The molecule has 2 N–H and O–H groups in total. The SMILES string of the molecule is CCOCCN(CC)CCCCC(C)(N)C#N. The van der Waals surface area contributed by atoms with Crippen molar-refractivity contribution in [3.8, 4) is 6.07 Å². The molecule has 0 rings (SSSR count). The number of ether oxygens (including phenoxy) is 1. The number of nitrogens with two attached hydrogens (primary N) is 1. The van der Waals surface area contributed by atoms with Gasteiger partial charge in [-0.05, 0) is 46.2 Å². The third-order valence-corrected chi connectivity index (χ3v) is 2.88. The largest absolute Gasteiger partial charge is 0.380 e. The minimum atomic E-state index is -0.664. The Hall–Kier alpha value is -0.630. The predicted octanol–water partition coefficient (Wildman–Crippen LogP) is 1.76. The Labute approximate surface area is 106 Å². The molecule has 0 aromatic rings. The van der Waals surface area contributed by atoms with Crippen LogP contribution in [0.15, 0.2) is 0 Å². The maximum absolute atomic E-state index is 8.79. The van der Waals surface area contributed by atoms with Gasteiger partial charge in [-0.2, -0.15) is 5.26 Å². The van der Waals surface area contributed by atoms with E-state index >= 15 is 0 Å². The van der Waals surface area contributed by atoms with Crippen molar-refractivity contribution in [2.75, 3.05) is 32.8 Å². The summed E-state index contributed by atoms with van der Waals surface area (Å²) in [4.78, 5) is 2.37. The molecule has 0 saturated carbocycles. The average Bonchev–Trinajstić information content (AvgIpc) is 2.32. The van der Waals surface area contributed by atoms with E-state index in [1.807, 2.05) is 6.92 Å². The lowest BCUT2D eigenvalue weighted by Gasteiger charge is -2.21. The van der Waals surface area contributed by atoms with Crippen LogP contribution < -0.4 is 5.73 Å². The van der Waals surface area contributed by atoms with Gasteiger partial charge in [0.25, 0.3) is 0 Å². The van der Waals surface area contributed by atoms with Crippen LogP contribution in [-0.2, 0) is 4.74 Å². The smallest absolute Gasteiger partial charge is 0.101 e. The highest BCUT2D eigenvalue weighted by Crippen LogP contribution is 2.09. The van der Waals surface area contributed by atoms with E-state index in [1.54, 1.807) is 6.92 Å². The monoisotopic (exact) mass is 241 g/mol. The maximum atomic E-state index is 8.79. The standard InChI is InChI=1S/C13H27N3O/c1-4-16(10-11-17-5-2)9-7-6-8-13(3,15)12-14/h4-11,15H2,1-3H3. The highest BCUT2D eigenvalue weighted by Gasteiger charge is 2.16. The summed E-state index contributed by atoms with van der Waals surface area (Å²) in [6.07, 6.45) is 2.87. The molecule has 0 heterocycles. The molecule has 100 valence electrons. The molecule has 4 heteroatoms. The number of nitrogens with zero attached hydrogens (tertiary/aromatic N) is 2. The summed E-state index contributed by atoms with van der Waals surface area (Å²) >= 11 is 0. The van der Waals surface area contributed by atoms with E-state index in [9.17, 15) is 0 Å². The van der Waals surface area contributed by atoms with Gasteiger partial charge in [0.1, 0.15) is 5.54 Å². The van der Waals surface area contributed by atoms with Crippen LogP contribution in [0.3, 0.4) is 0 Å². The second kappa shape index (κ2) is 9.41. The highest BCUT2D eigenvalue weighted by atomic mass is 16.5. The summed E-state index contributed by atoms with van der Waals surface area (Å²) < 4.78 is 5.34. The molecular weight excluding hydrogens is 214 g/mol. The maximum Gasteiger partial charge on any atom is 0.101 e. The lowest BCUT2D eigenvalue weighted by atomic mass is 9.98. The first-order valence-electron chi connectivity index (χ1n) is 6.56. The second-order valence-corrected chi connectivity index (χ2v) is 4.62. The zero-order chi connectivity index (χ0) is 13.1. The molecule has 0 amide bonds. The van der Waals surface area contributed by atoms with Gasteiger partial charge in [0.05, 0.1) is 12.7 Å². The van der Waals surface area contributed by atoms with Gasteiger partial charge in [0.15, 0.2) is 0 Å². The molecule has 0 radical (unpaired) electrons. The van der Waals surface area contributed by atoms with Gasteiger partial charge < -0.3 is 15.4 Å². The molecule has 4 nitrogen and oxygen atoms in total. The topological polar surface area (TPSA) is 62.3 Å². The Bertz CT molecular complexity index is 223. The Balaban J connectivity index is 3.60. The number of rotatable bonds is 10. The summed E-state index contributed by atoms with van der Waals surface area (Å²) in [6, 6.07) is 2.13. The van der Waals surface area contributed by atoms with Crippen molar-refractivity contribution in [1.29, 1.82) is 5.26 Å². The number of hydrogen-bond acceptors (Lipinski definition) is 4. The molecule has 17 heavy (non-hydrogen) atoms. The summed E-state index contributed by atoms with van der Waals surface area (Å²) in [6.45, 7) is 10.6. The summed E-state index contributed by atoms with van der Waals surface area (Å²) in [5, 5.41) is 8.79. The van der Waals surface area contributed by atoms with E-state index in [1.165, 1.54) is 0 Å². The van der Waals surface area contributed by atoms with E-state index < -0.39 is 5.54 Å². The molecule has 0 aliphatic heterocycles. The molecule has 0 aliphatic carbocycles. The fourth-order valence-electron chi connectivity index (χ4n) is 1.65. The Morgan fingerprint density at radius 2 is 2.00 bits per heavy atom.